The van der Waals surface area contributed by atoms with Crippen molar-refractivity contribution in [2.24, 2.45) is 11.8 Å². The number of rotatable bonds is 4. The zero-order chi connectivity index (χ0) is 12.7. The third-order valence-corrected chi connectivity index (χ3v) is 5.48. The molecule has 2 fully saturated rings. The number of pyridine rings is 1. The van der Waals surface area contributed by atoms with E-state index in [0.717, 1.165) is 23.8 Å². The molecule has 0 amide bonds. The first-order chi connectivity index (χ1) is 9.42. The molecule has 3 aliphatic carbocycles. The zero-order valence-corrected chi connectivity index (χ0v) is 11.6. The molecule has 0 spiro atoms. The van der Waals surface area contributed by atoms with Crippen molar-refractivity contribution >= 4 is 0 Å². The van der Waals surface area contributed by atoms with Crippen LogP contribution in [-0.4, -0.2) is 17.6 Å². The molecule has 1 heterocycles. The average molecular weight is 256 g/mol. The smallest absolute Gasteiger partial charge is 0.0469 e. The van der Waals surface area contributed by atoms with Crippen LogP contribution < -0.4 is 5.32 Å². The van der Waals surface area contributed by atoms with E-state index < -0.39 is 0 Å². The molecule has 2 saturated carbocycles. The highest BCUT2D eigenvalue weighted by Gasteiger charge is 2.40. The van der Waals surface area contributed by atoms with Crippen molar-refractivity contribution in [3.8, 4) is 0 Å². The predicted octanol–water partition coefficient (Wildman–Crippen LogP) is 3.28. The Kier molecular flexibility index (Phi) is 3.07. The minimum absolute atomic E-state index is 0.754. The number of hydrogen-bond acceptors (Lipinski definition) is 2. The lowest BCUT2D eigenvalue weighted by atomic mass is 9.63. The van der Waals surface area contributed by atoms with Crippen LogP contribution >= 0.6 is 0 Å². The van der Waals surface area contributed by atoms with Crippen molar-refractivity contribution in [3.63, 3.8) is 0 Å². The van der Waals surface area contributed by atoms with Gasteiger partial charge in [-0.25, -0.2) is 0 Å². The quantitative estimate of drug-likeness (QED) is 0.894. The molecule has 2 heteroatoms. The van der Waals surface area contributed by atoms with Gasteiger partial charge in [0.2, 0.25) is 0 Å². The summed E-state index contributed by atoms with van der Waals surface area (Å²) in [6.07, 6.45) is 11.7. The molecule has 3 unspecified atom stereocenters. The van der Waals surface area contributed by atoms with Crippen LogP contribution in [0.3, 0.4) is 0 Å². The third-order valence-electron chi connectivity index (χ3n) is 5.48. The topological polar surface area (TPSA) is 24.9 Å². The van der Waals surface area contributed by atoms with E-state index in [2.05, 4.69) is 17.4 Å². The Labute approximate surface area is 116 Å². The van der Waals surface area contributed by atoms with Gasteiger partial charge in [0.05, 0.1) is 0 Å². The molecule has 1 N–H and O–H groups in total. The average Bonchev–Trinajstić information content (AvgIpc) is 3.22. The molecule has 0 aliphatic heterocycles. The number of aryl methyl sites for hydroxylation is 1. The van der Waals surface area contributed by atoms with Crippen molar-refractivity contribution in [3.05, 3.63) is 29.6 Å². The van der Waals surface area contributed by atoms with Gasteiger partial charge in [0, 0.05) is 23.9 Å². The summed E-state index contributed by atoms with van der Waals surface area (Å²) in [6, 6.07) is 5.26. The second-order valence-electron chi connectivity index (χ2n) is 6.73. The normalized spacial score (nSPS) is 33.6. The van der Waals surface area contributed by atoms with Crippen LogP contribution in [0.1, 0.15) is 55.7 Å². The first-order valence-electron chi connectivity index (χ1n) is 8.09. The van der Waals surface area contributed by atoms with Crippen LogP contribution in [0.2, 0.25) is 0 Å². The molecular weight excluding hydrogens is 232 g/mol. The van der Waals surface area contributed by atoms with Crippen LogP contribution in [0.5, 0.6) is 0 Å². The highest BCUT2D eigenvalue weighted by molar-refractivity contribution is 5.27. The molecule has 0 bridgehead atoms. The van der Waals surface area contributed by atoms with E-state index in [-0.39, 0.29) is 0 Å². The minimum Gasteiger partial charge on any atom is -0.314 e. The van der Waals surface area contributed by atoms with Crippen molar-refractivity contribution in [2.45, 2.75) is 56.9 Å². The summed E-state index contributed by atoms with van der Waals surface area (Å²) in [5, 5.41) is 3.73. The molecular formula is C17H24N2. The molecule has 1 aromatic heterocycles. The van der Waals surface area contributed by atoms with Crippen molar-refractivity contribution < 1.29 is 0 Å². The van der Waals surface area contributed by atoms with Gasteiger partial charge in [-0.15, -0.1) is 0 Å². The summed E-state index contributed by atoms with van der Waals surface area (Å²) in [7, 11) is 0. The fraction of sp³-hybridized carbons (Fsp3) is 0.706. The fourth-order valence-electron chi connectivity index (χ4n) is 4.05. The SMILES string of the molecule is c1cnc2c(c1)CCCC2C1CCC1CNC1CC1. The number of nitrogens with zero attached hydrogens (tertiary/aromatic N) is 1. The fourth-order valence-corrected chi connectivity index (χ4v) is 4.05. The number of fused-ring (bicyclic) bond motifs is 1. The maximum absolute atomic E-state index is 4.73. The molecule has 102 valence electrons. The lowest BCUT2D eigenvalue weighted by Crippen LogP contribution is -2.40. The summed E-state index contributed by atoms with van der Waals surface area (Å²) < 4.78 is 0. The van der Waals surface area contributed by atoms with Crippen LogP contribution in [-0.2, 0) is 6.42 Å². The van der Waals surface area contributed by atoms with Gasteiger partial charge in [0.15, 0.2) is 0 Å². The Balaban J connectivity index is 1.46. The highest BCUT2D eigenvalue weighted by atomic mass is 15.0. The molecule has 0 saturated heterocycles. The molecule has 0 aromatic carbocycles. The molecule has 19 heavy (non-hydrogen) atoms. The maximum atomic E-state index is 4.73. The Bertz CT molecular complexity index is 452. The number of nitrogens with one attached hydrogen (secondary N) is 1. The van der Waals surface area contributed by atoms with Gasteiger partial charge in [0.1, 0.15) is 0 Å². The van der Waals surface area contributed by atoms with Crippen LogP contribution in [0.15, 0.2) is 18.3 Å². The van der Waals surface area contributed by atoms with Gasteiger partial charge in [0.25, 0.3) is 0 Å². The predicted molar refractivity (Wildman–Crippen MR) is 77.2 cm³/mol. The van der Waals surface area contributed by atoms with Gasteiger partial charge >= 0.3 is 0 Å². The van der Waals surface area contributed by atoms with Crippen molar-refractivity contribution in [1.82, 2.24) is 10.3 Å². The van der Waals surface area contributed by atoms with E-state index in [0.29, 0.717) is 0 Å². The van der Waals surface area contributed by atoms with Gasteiger partial charge < -0.3 is 5.32 Å². The van der Waals surface area contributed by atoms with E-state index in [1.54, 1.807) is 0 Å². The van der Waals surface area contributed by atoms with E-state index in [1.165, 1.54) is 62.7 Å². The zero-order valence-electron chi connectivity index (χ0n) is 11.6. The lowest BCUT2D eigenvalue weighted by molar-refractivity contribution is 0.127. The monoisotopic (exact) mass is 256 g/mol. The van der Waals surface area contributed by atoms with E-state index in [4.69, 9.17) is 4.98 Å². The molecule has 1 aromatic rings. The second-order valence-corrected chi connectivity index (χ2v) is 6.73. The Morgan fingerprint density at radius 3 is 2.89 bits per heavy atom. The van der Waals surface area contributed by atoms with Crippen molar-refractivity contribution in [2.75, 3.05) is 6.54 Å². The second kappa shape index (κ2) is 4.90. The van der Waals surface area contributed by atoms with Gasteiger partial charge in [-0.1, -0.05) is 6.07 Å². The van der Waals surface area contributed by atoms with Crippen LogP contribution in [0.25, 0.3) is 0 Å². The molecule has 2 nitrogen and oxygen atoms in total. The highest BCUT2D eigenvalue weighted by Crippen LogP contribution is 2.48. The summed E-state index contributed by atoms with van der Waals surface area (Å²) in [6.45, 7) is 1.26. The van der Waals surface area contributed by atoms with Crippen molar-refractivity contribution in [1.29, 1.82) is 0 Å². The summed E-state index contributed by atoms with van der Waals surface area (Å²) in [4.78, 5) is 4.73. The summed E-state index contributed by atoms with van der Waals surface area (Å²) >= 11 is 0. The Morgan fingerprint density at radius 1 is 1.16 bits per heavy atom. The van der Waals surface area contributed by atoms with Crippen LogP contribution in [0.4, 0.5) is 0 Å². The van der Waals surface area contributed by atoms with E-state index in [1.807, 2.05) is 6.20 Å². The maximum Gasteiger partial charge on any atom is 0.0469 e. The first-order valence-corrected chi connectivity index (χ1v) is 8.09. The Morgan fingerprint density at radius 2 is 2.11 bits per heavy atom. The third kappa shape index (κ3) is 2.31. The minimum atomic E-state index is 0.754. The van der Waals surface area contributed by atoms with Gasteiger partial charge in [-0.05, 0) is 75.0 Å². The lowest BCUT2D eigenvalue weighted by Gasteiger charge is -2.44. The Hall–Kier alpha value is -0.890. The number of aromatic nitrogens is 1. The van der Waals surface area contributed by atoms with E-state index >= 15 is 0 Å². The summed E-state index contributed by atoms with van der Waals surface area (Å²) in [5.41, 5.74) is 2.97. The van der Waals surface area contributed by atoms with Gasteiger partial charge in [-0.3, -0.25) is 4.98 Å². The van der Waals surface area contributed by atoms with Gasteiger partial charge in [-0.2, -0.15) is 0 Å². The number of hydrogen-bond donors (Lipinski definition) is 1. The molecule has 0 radical (unpaired) electrons. The van der Waals surface area contributed by atoms with Crippen LogP contribution in [0, 0.1) is 11.8 Å². The summed E-state index contributed by atoms with van der Waals surface area (Å²) in [5.74, 6) is 2.57. The largest absolute Gasteiger partial charge is 0.314 e. The first kappa shape index (κ1) is 11.9. The molecule has 3 aliphatic rings. The molecule has 3 atom stereocenters. The molecule has 4 rings (SSSR count). The van der Waals surface area contributed by atoms with E-state index in [9.17, 15) is 0 Å². The standard InChI is InChI=1S/C17H24N2/c1-3-12-4-2-10-18-17(12)16(5-1)15-9-6-13(15)11-19-14-7-8-14/h2,4,10,13-16,19H,1,3,5-9,11H2.